The first-order valence-electron chi connectivity index (χ1n) is 5.56. The van der Waals surface area contributed by atoms with Gasteiger partial charge in [-0.1, -0.05) is 37.0 Å². The molecule has 1 aromatic carbocycles. The lowest BCUT2D eigenvalue weighted by Crippen LogP contribution is -2.46. The highest BCUT2D eigenvalue weighted by molar-refractivity contribution is 6.35. The van der Waals surface area contributed by atoms with Gasteiger partial charge in [0.15, 0.2) is 0 Å². The van der Waals surface area contributed by atoms with E-state index in [0.29, 0.717) is 15.7 Å². The number of carboxylic acid groups (broad SMARTS) is 1. The zero-order chi connectivity index (χ0) is 14.6. The van der Waals surface area contributed by atoms with E-state index in [1.807, 2.05) is 0 Å². The number of benzene rings is 1. The van der Waals surface area contributed by atoms with E-state index in [-0.39, 0.29) is 5.92 Å². The summed E-state index contributed by atoms with van der Waals surface area (Å²) >= 11 is 11.6. The number of aliphatic carboxylic acids is 1. The second-order valence-corrected chi connectivity index (χ2v) is 5.19. The second-order valence-electron chi connectivity index (χ2n) is 4.32. The highest BCUT2D eigenvalue weighted by Gasteiger charge is 2.23. The van der Waals surface area contributed by atoms with Crippen molar-refractivity contribution >= 4 is 40.9 Å². The highest BCUT2D eigenvalue weighted by Crippen LogP contribution is 2.22. The fourth-order valence-corrected chi connectivity index (χ4v) is 1.97. The topological polar surface area (TPSA) is 78.4 Å². The third-order valence-corrected chi connectivity index (χ3v) is 2.78. The summed E-state index contributed by atoms with van der Waals surface area (Å²) in [4.78, 5) is 22.6. The van der Waals surface area contributed by atoms with Gasteiger partial charge in [-0.15, -0.1) is 0 Å². The lowest BCUT2D eigenvalue weighted by molar-refractivity contribution is -0.140. The van der Waals surface area contributed by atoms with E-state index in [2.05, 4.69) is 10.6 Å². The molecule has 0 bridgehead atoms. The van der Waals surface area contributed by atoms with Crippen LogP contribution in [-0.2, 0) is 4.79 Å². The second kappa shape index (κ2) is 6.63. The fourth-order valence-electron chi connectivity index (χ4n) is 1.45. The smallest absolute Gasteiger partial charge is 0.326 e. The zero-order valence-electron chi connectivity index (χ0n) is 10.4. The van der Waals surface area contributed by atoms with Crippen molar-refractivity contribution in [3.8, 4) is 0 Å². The first-order chi connectivity index (χ1) is 8.79. The molecule has 0 aliphatic carbocycles. The van der Waals surface area contributed by atoms with Crippen LogP contribution in [0.2, 0.25) is 10.0 Å². The molecule has 2 amide bonds. The van der Waals surface area contributed by atoms with E-state index >= 15 is 0 Å². The van der Waals surface area contributed by atoms with E-state index < -0.39 is 18.0 Å². The largest absolute Gasteiger partial charge is 0.480 e. The first-order valence-corrected chi connectivity index (χ1v) is 6.31. The molecular weight excluding hydrogens is 291 g/mol. The Morgan fingerprint density at radius 2 is 1.68 bits per heavy atom. The predicted molar refractivity (Wildman–Crippen MR) is 74.9 cm³/mol. The van der Waals surface area contributed by atoms with Gasteiger partial charge < -0.3 is 15.7 Å². The molecule has 0 aliphatic rings. The number of carbonyl (C=O) groups is 2. The van der Waals surface area contributed by atoms with Gasteiger partial charge in [0.2, 0.25) is 0 Å². The van der Waals surface area contributed by atoms with Gasteiger partial charge in [-0.3, -0.25) is 0 Å². The monoisotopic (exact) mass is 304 g/mol. The van der Waals surface area contributed by atoms with Crippen molar-refractivity contribution in [2.24, 2.45) is 5.92 Å². The van der Waals surface area contributed by atoms with E-state index in [0.717, 1.165) is 0 Å². The number of anilines is 1. The van der Waals surface area contributed by atoms with Gasteiger partial charge in [-0.25, -0.2) is 9.59 Å². The third kappa shape index (κ3) is 4.96. The van der Waals surface area contributed by atoms with Crippen molar-refractivity contribution in [1.29, 1.82) is 0 Å². The number of hydrogen-bond acceptors (Lipinski definition) is 2. The molecule has 0 radical (unpaired) electrons. The molecule has 0 unspecified atom stereocenters. The molecule has 1 aromatic rings. The van der Waals surface area contributed by atoms with E-state index in [1.165, 1.54) is 18.2 Å². The first kappa shape index (κ1) is 15.6. The average molecular weight is 305 g/mol. The predicted octanol–water partition coefficient (Wildman–Crippen LogP) is 3.22. The Labute approximate surface area is 120 Å². The zero-order valence-corrected chi connectivity index (χ0v) is 11.9. The van der Waals surface area contributed by atoms with Crippen LogP contribution < -0.4 is 10.6 Å². The summed E-state index contributed by atoms with van der Waals surface area (Å²) in [5.74, 6) is -1.32. The number of urea groups is 1. The number of carboxylic acids is 1. The molecule has 0 heterocycles. The minimum atomic E-state index is -1.09. The van der Waals surface area contributed by atoms with Crippen molar-refractivity contribution in [1.82, 2.24) is 5.32 Å². The van der Waals surface area contributed by atoms with Gasteiger partial charge in [0.05, 0.1) is 0 Å². The lowest BCUT2D eigenvalue weighted by atomic mass is 10.1. The van der Waals surface area contributed by atoms with Gasteiger partial charge in [-0.05, 0) is 24.1 Å². The van der Waals surface area contributed by atoms with Crippen molar-refractivity contribution in [3.63, 3.8) is 0 Å². The van der Waals surface area contributed by atoms with Gasteiger partial charge in [0, 0.05) is 15.7 Å². The molecular formula is C12H14Cl2N2O3. The Bertz CT molecular complexity index is 472. The van der Waals surface area contributed by atoms with Crippen molar-refractivity contribution in [3.05, 3.63) is 28.2 Å². The summed E-state index contributed by atoms with van der Waals surface area (Å²) in [6.45, 7) is 3.41. The highest BCUT2D eigenvalue weighted by atomic mass is 35.5. The number of halogens is 2. The maximum absolute atomic E-state index is 11.7. The number of nitrogens with one attached hydrogen (secondary N) is 2. The average Bonchev–Trinajstić information content (AvgIpc) is 2.23. The molecule has 0 fully saturated rings. The van der Waals surface area contributed by atoms with Crippen LogP contribution in [0.3, 0.4) is 0 Å². The van der Waals surface area contributed by atoms with Crippen LogP contribution >= 0.6 is 23.2 Å². The SMILES string of the molecule is CC(C)[C@@H](NC(=O)Nc1cc(Cl)cc(Cl)c1)C(=O)O. The molecule has 104 valence electrons. The molecule has 0 aliphatic heterocycles. The van der Waals surface area contributed by atoms with Crippen LogP contribution in [0.5, 0.6) is 0 Å². The quantitative estimate of drug-likeness (QED) is 0.799. The van der Waals surface area contributed by atoms with Crippen LogP contribution in [0.1, 0.15) is 13.8 Å². The molecule has 0 aromatic heterocycles. The Hall–Kier alpha value is -1.46. The van der Waals surface area contributed by atoms with E-state index in [4.69, 9.17) is 28.3 Å². The van der Waals surface area contributed by atoms with Crippen molar-refractivity contribution in [2.45, 2.75) is 19.9 Å². The molecule has 1 rings (SSSR count). The summed E-state index contributed by atoms with van der Waals surface area (Å²) in [6.07, 6.45) is 0. The Kier molecular flexibility index (Phi) is 5.44. The summed E-state index contributed by atoms with van der Waals surface area (Å²) in [7, 11) is 0. The fraction of sp³-hybridized carbons (Fsp3) is 0.333. The lowest BCUT2D eigenvalue weighted by Gasteiger charge is -2.18. The van der Waals surface area contributed by atoms with E-state index in [1.54, 1.807) is 13.8 Å². The number of amides is 2. The number of hydrogen-bond donors (Lipinski definition) is 3. The molecule has 0 saturated carbocycles. The summed E-state index contributed by atoms with van der Waals surface area (Å²) in [6, 6.07) is 2.96. The molecule has 0 saturated heterocycles. The molecule has 3 N–H and O–H groups in total. The van der Waals surface area contributed by atoms with E-state index in [9.17, 15) is 9.59 Å². The number of carbonyl (C=O) groups excluding carboxylic acids is 1. The summed E-state index contributed by atoms with van der Waals surface area (Å²) in [5, 5.41) is 14.6. The van der Waals surface area contributed by atoms with Crippen LogP contribution in [0.15, 0.2) is 18.2 Å². The minimum Gasteiger partial charge on any atom is -0.480 e. The van der Waals surface area contributed by atoms with Crippen LogP contribution in [0.25, 0.3) is 0 Å². The minimum absolute atomic E-state index is 0.230. The molecule has 19 heavy (non-hydrogen) atoms. The van der Waals surface area contributed by atoms with Crippen LogP contribution in [0, 0.1) is 5.92 Å². The third-order valence-electron chi connectivity index (χ3n) is 2.34. The van der Waals surface area contributed by atoms with Crippen LogP contribution in [-0.4, -0.2) is 23.1 Å². The van der Waals surface area contributed by atoms with Crippen molar-refractivity contribution < 1.29 is 14.7 Å². The van der Waals surface area contributed by atoms with Gasteiger partial charge in [0.1, 0.15) is 6.04 Å². The van der Waals surface area contributed by atoms with Crippen LogP contribution in [0.4, 0.5) is 10.5 Å². The number of rotatable bonds is 4. The maximum atomic E-state index is 11.7. The Balaban J connectivity index is 2.71. The molecule has 0 spiro atoms. The summed E-state index contributed by atoms with van der Waals surface area (Å²) < 4.78 is 0. The Morgan fingerprint density at radius 3 is 2.11 bits per heavy atom. The molecule has 5 nitrogen and oxygen atoms in total. The van der Waals surface area contributed by atoms with Gasteiger partial charge in [-0.2, -0.15) is 0 Å². The standard InChI is InChI=1S/C12H14Cl2N2O3/c1-6(2)10(11(17)18)16-12(19)15-9-4-7(13)3-8(14)5-9/h3-6,10H,1-2H3,(H,17,18)(H2,15,16,19)/t10-/m1/s1. The van der Waals surface area contributed by atoms with Crippen molar-refractivity contribution in [2.75, 3.05) is 5.32 Å². The molecule has 1 atom stereocenters. The maximum Gasteiger partial charge on any atom is 0.326 e. The van der Waals surface area contributed by atoms with Gasteiger partial charge in [0.25, 0.3) is 0 Å². The summed E-state index contributed by atoms with van der Waals surface area (Å²) in [5.41, 5.74) is 0.392. The normalized spacial score (nSPS) is 12.1. The molecule has 7 heteroatoms. The Morgan fingerprint density at radius 1 is 1.16 bits per heavy atom. The van der Waals surface area contributed by atoms with Gasteiger partial charge >= 0.3 is 12.0 Å².